The molecule has 1 aliphatic heterocycles. The smallest absolute Gasteiger partial charge is 0.333 e. The number of anilines is 2. The molecule has 17 heavy (non-hydrogen) atoms. The molecule has 5 nitrogen and oxygen atoms in total. The molecule has 1 heterocycles. The molecule has 0 spiro atoms. The van der Waals surface area contributed by atoms with Crippen LogP contribution in [0, 0.1) is 0 Å². The number of benzene rings is 1. The summed E-state index contributed by atoms with van der Waals surface area (Å²) in [6, 6.07) is 7.64. The van der Waals surface area contributed by atoms with Crippen LogP contribution in [0.15, 0.2) is 24.3 Å². The van der Waals surface area contributed by atoms with Crippen LogP contribution >= 0.6 is 0 Å². The Kier molecular flexibility index (Phi) is 2.99. The van der Waals surface area contributed by atoms with E-state index >= 15 is 0 Å². The monoisotopic (exact) mass is 234 g/mol. The van der Waals surface area contributed by atoms with E-state index in [4.69, 9.17) is 0 Å². The molecular weight excluding hydrogens is 220 g/mol. The van der Waals surface area contributed by atoms with E-state index in [2.05, 4.69) is 4.74 Å². The molecule has 0 aromatic heterocycles. The number of para-hydroxylation sites is 2. The highest BCUT2D eigenvalue weighted by Gasteiger charge is 2.26. The highest BCUT2D eigenvalue weighted by atomic mass is 16.6. The lowest BCUT2D eigenvalue weighted by Crippen LogP contribution is -2.43. The van der Waals surface area contributed by atoms with Gasteiger partial charge in [0.2, 0.25) is 0 Å². The average molecular weight is 234 g/mol. The molecule has 1 aliphatic rings. The molecule has 1 saturated heterocycles. The normalized spacial score (nSPS) is 15.8. The van der Waals surface area contributed by atoms with Gasteiger partial charge in [0.1, 0.15) is 13.1 Å². The lowest BCUT2D eigenvalue weighted by Gasteiger charge is -2.29. The number of morpholine rings is 1. The maximum atomic E-state index is 11.2. The summed E-state index contributed by atoms with van der Waals surface area (Å²) in [6.45, 7) is 0.215. The van der Waals surface area contributed by atoms with E-state index in [0.29, 0.717) is 0 Å². The molecule has 2 rings (SSSR count). The van der Waals surface area contributed by atoms with Crippen molar-refractivity contribution in [3.8, 4) is 0 Å². The number of nitrogens with zero attached hydrogens (tertiary/aromatic N) is 2. The first-order chi connectivity index (χ1) is 8.08. The van der Waals surface area contributed by atoms with E-state index in [1.54, 1.807) is 4.90 Å². The molecule has 0 aliphatic carbocycles. The van der Waals surface area contributed by atoms with Gasteiger partial charge in [-0.2, -0.15) is 0 Å². The molecular formula is C12H14N2O3. The lowest BCUT2D eigenvalue weighted by atomic mass is 10.2. The minimum atomic E-state index is -0.505. The van der Waals surface area contributed by atoms with Crippen molar-refractivity contribution in [3.63, 3.8) is 0 Å². The standard InChI is InChI=1S/C12H14N2O3/c1-13(2)9-5-3-4-6-10(9)14-7-11(15)17-12(16)8-14/h3-6H,7-8H2,1-2H3. The molecule has 1 aromatic carbocycles. The van der Waals surface area contributed by atoms with Crippen LogP contribution in [0.3, 0.4) is 0 Å². The van der Waals surface area contributed by atoms with Gasteiger partial charge in [0.05, 0.1) is 11.4 Å². The summed E-state index contributed by atoms with van der Waals surface area (Å²) in [7, 11) is 3.84. The minimum Gasteiger partial charge on any atom is -0.390 e. The molecule has 0 bridgehead atoms. The van der Waals surface area contributed by atoms with Crippen molar-refractivity contribution in [2.45, 2.75) is 0 Å². The number of cyclic esters (lactones) is 2. The van der Waals surface area contributed by atoms with Gasteiger partial charge >= 0.3 is 11.9 Å². The van der Waals surface area contributed by atoms with Crippen molar-refractivity contribution < 1.29 is 14.3 Å². The van der Waals surface area contributed by atoms with E-state index in [-0.39, 0.29) is 13.1 Å². The number of carbonyl (C=O) groups is 2. The molecule has 1 fully saturated rings. The second-order valence-corrected chi connectivity index (χ2v) is 4.09. The van der Waals surface area contributed by atoms with Crippen LogP contribution in [-0.2, 0) is 14.3 Å². The van der Waals surface area contributed by atoms with E-state index in [0.717, 1.165) is 11.4 Å². The first-order valence-electron chi connectivity index (χ1n) is 5.33. The van der Waals surface area contributed by atoms with E-state index in [9.17, 15) is 9.59 Å². The number of esters is 2. The summed E-state index contributed by atoms with van der Waals surface area (Å²) in [5.41, 5.74) is 1.83. The zero-order valence-electron chi connectivity index (χ0n) is 9.84. The van der Waals surface area contributed by atoms with Crippen LogP contribution in [0.25, 0.3) is 0 Å². The topological polar surface area (TPSA) is 49.9 Å². The Labute approximate surface area is 99.6 Å². The van der Waals surface area contributed by atoms with Crippen LogP contribution in [0.1, 0.15) is 0 Å². The number of ether oxygens (including phenoxy) is 1. The average Bonchev–Trinajstić information content (AvgIpc) is 2.27. The highest BCUT2D eigenvalue weighted by molar-refractivity contribution is 5.95. The quantitative estimate of drug-likeness (QED) is 0.555. The fourth-order valence-corrected chi connectivity index (χ4v) is 1.84. The number of hydrogen-bond donors (Lipinski definition) is 0. The van der Waals surface area contributed by atoms with Crippen molar-refractivity contribution >= 4 is 23.3 Å². The third kappa shape index (κ3) is 2.38. The van der Waals surface area contributed by atoms with Gasteiger partial charge < -0.3 is 14.5 Å². The molecule has 0 saturated carbocycles. The van der Waals surface area contributed by atoms with Crippen LogP contribution < -0.4 is 9.80 Å². The summed E-state index contributed by atoms with van der Waals surface area (Å²) in [4.78, 5) is 26.1. The maximum absolute atomic E-state index is 11.2. The predicted octanol–water partition coefficient (Wildman–Crippen LogP) is 0.642. The van der Waals surface area contributed by atoms with Gasteiger partial charge in [-0.3, -0.25) is 0 Å². The largest absolute Gasteiger partial charge is 0.390 e. The Bertz CT molecular complexity index is 441. The van der Waals surface area contributed by atoms with Crippen LogP contribution in [-0.4, -0.2) is 39.1 Å². The third-order valence-corrected chi connectivity index (χ3v) is 2.57. The van der Waals surface area contributed by atoms with Crippen molar-refractivity contribution in [2.24, 2.45) is 0 Å². The number of hydrogen-bond acceptors (Lipinski definition) is 5. The van der Waals surface area contributed by atoms with E-state index in [1.807, 2.05) is 43.3 Å². The molecule has 0 amide bonds. The Morgan fingerprint density at radius 1 is 1.12 bits per heavy atom. The number of rotatable bonds is 2. The minimum absolute atomic E-state index is 0.108. The molecule has 0 unspecified atom stereocenters. The molecule has 0 atom stereocenters. The maximum Gasteiger partial charge on any atom is 0.333 e. The molecule has 0 radical (unpaired) electrons. The fraction of sp³-hybridized carbons (Fsp3) is 0.333. The Balaban J connectivity index is 2.33. The van der Waals surface area contributed by atoms with E-state index in [1.165, 1.54) is 0 Å². The zero-order chi connectivity index (χ0) is 12.4. The first-order valence-corrected chi connectivity index (χ1v) is 5.33. The van der Waals surface area contributed by atoms with Gasteiger partial charge in [0.25, 0.3) is 0 Å². The SMILES string of the molecule is CN(C)c1ccccc1N1CC(=O)OC(=O)C1. The lowest BCUT2D eigenvalue weighted by molar-refractivity contribution is -0.160. The number of carbonyl (C=O) groups excluding carboxylic acids is 2. The van der Waals surface area contributed by atoms with Gasteiger partial charge in [0, 0.05) is 14.1 Å². The van der Waals surface area contributed by atoms with Crippen LogP contribution in [0.2, 0.25) is 0 Å². The van der Waals surface area contributed by atoms with Gasteiger partial charge in [-0.05, 0) is 12.1 Å². The van der Waals surface area contributed by atoms with Gasteiger partial charge in [0.15, 0.2) is 0 Å². The molecule has 0 N–H and O–H groups in total. The van der Waals surface area contributed by atoms with Crippen LogP contribution in [0.5, 0.6) is 0 Å². The van der Waals surface area contributed by atoms with Crippen molar-refractivity contribution in [1.29, 1.82) is 0 Å². The predicted molar refractivity (Wildman–Crippen MR) is 64.1 cm³/mol. The van der Waals surface area contributed by atoms with Gasteiger partial charge in [-0.15, -0.1) is 0 Å². The molecule has 5 heteroatoms. The van der Waals surface area contributed by atoms with Gasteiger partial charge in [-0.25, -0.2) is 9.59 Å². The Hall–Kier alpha value is -2.04. The summed E-state index contributed by atoms with van der Waals surface area (Å²) in [5.74, 6) is -1.01. The van der Waals surface area contributed by atoms with E-state index < -0.39 is 11.9 Å². The fourth-order valence-electron chi connectivity index (χ4n) is 1.84. The van der Waals surface area contributed by atoms with Crippen molar-refractivity contribution in [1.82, 2.24) is 0 Å². The summed E-state index contributed by atoms with van der Waals surface area (Å²) in [6.07, 6.45) is 0. The first kappa shape index (κ1) is 11.4. The van der Waals surface area contributed by atoms with Crippen molar-refractivity contribution in [3.05, 3.63) is 24.3 Å². The van der Waals surface area contributed by atoms with Crippen molar-refractivity contribution in [2.75, 3.05) is 37.0 Å². The summed E-state index contributed by atoms with van der Waals surface area (Å²) >= 11 is 0. The molecule has 90 valence electrons. The Morgan fingerprint density at radius 2 is 1.71 bits per heavy atom. The highest BCUT2D eigenvalue weighted by Crippen LogP contribution is 2.28. The Morgan fingerprint density at radius 3 is 2.29 bits per heavy atom. The second kappa shape index (κ2) is 4.45. The summed E-state index contributed by atoms with van der Waals surface area (Å²) < 4.78 is 4.51. The zero-order valence-corrected chi connectivity index (χ0v) is 9.84. The summed E-state index contributed by atoms with van der Waals surface area (Å²) in [5, 5.41) is 0. The third-order valence-electron chi connectivity index (χ3n) is 2.57. The van der Waals surface area contributed by atoms with Gasteiger partial charge in [-0.1, -0.05) is 12.1 Å². The second-order valence-electron chi connectivity index (χ2n) is 4.09. The molecule has 1 aromatic rings. The van der Waals surface area contributed by atoms with Crippen LogP contribution in [0.4, 0.5) is 11.4 Å².